The summed E-state index contributed by atoms with van der Waals surface area (Å²) in [5.41, 5.74) is 11.1. The molecule has 3 aliphatic heterocycles. The Bertz CT molecular complexity index is 3870. The molecule has 318 valence electrons. The van der Waals surface area contributed by atoms with E-state index in [-0.39, 0.29) is 0 Å². The minimum Gasteiger partial charge on any atom is -0.378 e. The second-order valence-electron chi connectivity index (χ2n) is 18.9. The van der Waals surface area contributed by atoms with Crippen LogP contribution in [0.3, 0.4) is 0 Å². The first kappa shape index (κ1) is 37.2. The third-order valence-electron chi connectivity index (χ3n) is 15.0. The first-order valence-corrected chi connectivity index (χ1v) is 24.7. The fraction of sp³-hybridized carbons (Fsp3) is 0.0667. The lowest BCUT2D eigenvalue weighted by Gasteiger charge is -2.51. The van der Waals surface area contributed by atoms with Gasteiger partial charge in [0.25, 0.3) is 0 Å². The molecule has 0 amide bonds. The fourth-order valence-electron chi connectivity index (χ4n) is 12.3. The van der Waals surface area contributed by atoms with E-state index in [2.05, 4.69) is 235 Å². The van der Waals surface area contributed by atoms with Crippen molar-refractivity contribution >= 4 is 150 Å². The molecule has 0 saturated heterocycles. The molecular formula is C60H42N5OP. The van der Waals surface area contributed by atoms with Crippen LogP contribution in [0.15, 0.2) is 182 Å². The zero-order valence-electron chi connectivity index (χ0n) is 37.4. The van der Waals surface area contributed by atoms with Crippen LogP contribution in [-0.2, 0) is 4.57 Å². The zero-order valence-corrected chi connectivity index (χ0v) is 38.3. The predicted molar refractivity (Wildman–Crippen MR) is 287 cm³/mol. The SMILES string of the molecule is CN(C)c1ccc(N2c3cccc4c3P3(=O)c5c2c2ccc6cccc7ccc(c5N(c5ccccc5)c5c3c(c3ccc8cccc9ccc5c3c89)N4c3ccc(N(C)C)cc3)c2c67)cc1. The number of hydrogen-bond donors (Lipinski definition) is 0. The molecule has 12 aromatic rings. The maximum Gasteiger partial charge on any atom is 0.183 e. The van der Waals surface area contributed by atoms with Gasteiger partial charge in [0.05, 0.1) is 50.0 Å². The van der Waals surface area contributed by atoms with Gasteiger partial charge < -0.3 is 29.1 Å². The van der Waals surface area contributed by atoms with Crippen LogP contribution < -0.4 is 40.4 Å². The Hall–Kier alpha value is -8.05. The molecule has 0 radical (unpaired) electrons. The summed E-state index contributed by atoms with van der Waals surface area (Å²) in [5, 5.41) is 16.6. The summed E-state index contributed by atoms with van der Waals surface area (Å²) in [6.07, 6.45) is 0. The minimum absolute atomic E-state index is 0.874. The molecule has 3 heterocycles. The number of para-hydroxylation sites is 1. The van der Waals surface area contributed by atoms with Gasteiger partial charge in [-0.05, 0) is 105 Å². The van der Waals surface area contributed by atoms with Gasteiger partial charge in [0.1, 0.15) is 0 Å². The van der Waals surface area contributed by atoms with Crippen LogP contribution in [0.5, 0.6) is 0 Å². The quantitative estimate of drug-likeness (QED) is 0.127. The second-order valence-corrected chi connectivity index (χ2v) is 21.4. The molecule has 7 heteroatoms. The van der Waals surface area contributed by atoms with Gasteiger partial charge in [-0.25, -0.2) is 0 Å². The maximum atomic E-state index is 18.5. The Kier molecular flexibility index (Phi) is 7.13. The van der Waals surface area contributed by atoms with Crippen molar-refractivity contribution in [1.29, 1.82) is 0 Å². The van der Waals surface area contributed by atoms with Crippen LogP contribution in [0.4, 0.5) is 62.6 Å². The summed E-state index contributed by atoms with van der Waals surface area (Å²) in [6, 6.07) is 66.7. The number of anilines is 11. The molecule has 0 N–H and O–H groups in total. The Morgan fingerprint density at radius 2 is 0.687 bits per heavy atom. The van der Waals surface area contributed by atoms with Crippen LogP contribution in [-0.4, -0.2) is 28.2 Å². The van der Waals surface area contributed by atoms with Gasteiger partial charge in [0.2, 0.25) is 0 Å². The van der Waals surface area contributed by atoms with Crippen LogP contribution in [0.2, 0.25) is 0 Å². The van der Waals surface area contributed by atoms with Crippen LogP contribution >= 0.6 is 7.14 Å². The number of rotatable bonds is 5. The van der Waals surface area contributed by atoms with Crippen molar-refractivity contribution in [2.45, 2.75) is 0 Å². The highest BCUT2D eigenvalue weighted by atomic mass is 31.2. The Balaban J connectivity index is 1.22. The predicted octanol–water partition coefficient (Wildman–Crippen LogP) is 14.6. The van der Waals surface area contributed by atoms with Crippen molar-refractivity contribution in [3.63, 3.8) is 0 Å². The van der Waals surface area contributed by atoms with E-state index in [9.17, 15) is 0 Å². The molecule has 12 aromatic carbocycles. The zero-order chi connectivity index (χ0) is 44.6. The largest absolute Gasteiger partial charge is 0.378 e. The minimum atomic E-state index is -3.79. The molecule has 15 rings (SSSR count). The van der Waals surface area contributed by atoms with Crippen LogP contribution in [0, 0.1) is 0 Å². The van der Waals surface area contributed by atoms with Gasteiger partial charge in [0.15, 0.2) is 7.14 Å². The van der Waals surface area contributed by atoms with Gasteiger partial charge in [-0.1, -0.05) is 109 Å². The van der Waals surface area contributed by atoms with Gasteiger partial charge in [-0.15, -0.1) is 0 Å². The molecule has 0 bridgehead atoms. The molecule has 0 saturated carbocycles. The average Bonchev–Trinajstić information content (AvgIpc) is 3.36. The molecule has 0 unspecified atom stereocenters. The van der Waals surface area contributed by atoms with Crippen molar-refractivity contribution in [1.82, 2.24) is 0 Å². The summed E-state index contributed by atoms with van der Waals surface area (Å²) in [7, 11) is 4.55. The summed E-state index contributed by atoms with van der Waals surface area (Å²) in [4.78, 5) is 11.7. The van der Waals surface area contributed by atoms with E-state index in [0.29, 0.717) is 0 Å². The summed E-state index contributed by atoms with van der Waals surface area (Å²) in [5.74, 6) is 0. The van der Waals surface area contributed by atoms with E-state index >= 15 is 4.57 Å². The van der Waals surface area contributed by atoms with E-state index in [1.807, 2.05) is 0 Å². The van der Waals surface area contributed by atoms with Crippen molar-refractivity contribution in [2.75, 3.05) is 52.7 Å². The fourth-order valence-corrected chi connectivity index (χ4v) is 16.0. The van der Waals surface area contributed by atoms with E-state index in [1.165, 1.54) is 43.1 Å². The molecule has 3 aliphatic rings. The topological polar surface area (TPSA) is 33.3 Å². The number of nitrogens with zero attached hydrogens (tertiary/aromatic N) is 5. The highest BCUT2D eigenvalue weighted by Gasteiger charge is 2.56. The Morgan fingerprint density at radius 3 is 1.07 bits per heavy atom. The van der Waals surface area contributed by atoms with Crippen molar-refractivity contribution < 1.29 is 4.57 Å². The normalized spacial score (nSPS) is 14.4. The standard InChI is InChI=1S/C60H42N5OP/c1-61(2)39-23-27-42(28-24-39)63-48-17-10-18-49-58(48)67(66)59-54(63)44-31-19-35-11-8-13-37-21-33-46(52(44)50(35)37)56(59)65(41-15-6-5-7-16-41)57-47-34-22-38-14-9-12-36-20-32-45(53(47)51(36)38)55(60(57)67)64(49)43-29-25-40(26-30-43)62(3)4/h5-34H,1-4H3. The van der Waals surface area contributed by atoms with E-state index in [0.717, 1.165) is 100 Å². The molecule has 0 atom stereocenters. The summed E-state index contributed by atoms with van der Waals surface area (Å²) >= 11 is 0. The average molecular weight is 880 g/mol. The lowest BCUT2D eigenvalue weighted by Crippen LogP contribution is -2.48. The van der Waals surface area contributed by atoms with Crippen LogP contribution in [0.25, 0.3) is 64.6 Å². The van der Waals surface area contributed by atoms with Gasteiger partial charge in [0, 0.05) is 88.9 Å². The molecule has 67 heavy (non-hydrogen) atoms. The second kappa shape index (κ2) is 12.8. The molecular weight excluding hydrogens is 838 g/mol. The highest BCUT2D eigenvalue weighted by Crippen LogP contribution is 2.70. The third kappa shape index (κ3) is 4.54. The van der Waals surface area contributed by atoms with Crippen molar-refractivity contribution in [3.05, 3.63) is 182 Å². The third-order valence-corrected chi connectivity index (χ3v) is 18.2. The first-order valence-electron chi connectivity index (χ1n) is 23.0. The maximum absolute atomic E-state index is 18.5. The van der Waals surface area contributed by atoms with E-state index in [4.69, 9.17) is 0 Å². The molecule has 6 nitrogen and oxygen atoms in total. The number of fused-ring (bicyclic) bond motifs is 4. The Labute approximate surface area is 387 Å². The van der Waals surface area contributed by atoms with E-state index < -0.39 is 7.14 Å². The highest BCUT2D eigenvalue weighted by molar-refractivity contribution is 7.87. The summed E-state index contributed by atoms with van der Waals surface area (Å²) < 4.78 is 18.5. The van der Waals surface area contributed by atoms with E-state index in [1.54, 1.807) is 0 Å². The first-order chi connectivity index (χ1) is 32.8. The van der Waals surface area contributed by atoms with Gasteiger partial charge in [-0.3, -0.25) is 0 Å². The number of hydrogen-bond acceptors (Lipinski definition) is 6. The van der Waals surface area contributed by atoms with Crippen LogP contribution in [0.1, 0.15) is 0 Å². The lowest BCUT2D eigenvalue weighted by molar-refractivity contribution is 0.592. The molecule has 0 fully saturated rings. The number of benzene rings is 12. The smallest absolute Gasteiger partial charge is 0.183 e. The Morgan fingerprint density at radius 1 is 0.328 bits per heavy atom. The summed E-state index contributed by atoms with van der Waals surface area (Å²) in [6.45, 7) is 0. The van der Waals surface area contributed by atoms with Crippen molar-refractivity contribution in [2.24, 2.45) is 0 Å². The van der Waals surface area contributed by atoms with Crippen molar-refractivity contribution in [3.8, 4) is 0 Å². The monoisotopic (exact) mass is 879 g/mol. The lowest BCUT2D eigenvalue weighted by atomic mass is 9.89. The van der Waals surface area contributed by atoms with Gasteiger partial charge in [-0.2, -0.15) is 0 Å². The molecule has 0 spiro atoms. The molecule has 0 aromatic heterocycles. The van der Waals surface area contributed by atoms with Gasteiger partial charge >= 0.3 is 0 Å². The molecule has 0 aliphatic carbocycles.